The van der Waals surface area contributed by atoms with E-state index >= 15 is 0 Å². The number of nitrogens with one attached hydrogen (secondary N) is 1. The Hall–Kier alpha value is -2.27. The van der Waals surface area contributed by atoms with E-state index in [0.29, 0.717) is 17.2 Å². The van der Waals surface area contributed by atoms with Crippen molar-refractivity contribution in [2.75, 3.05) is 11.1 Å². The Bertz CT molecular complexity index is 642. The number of anilines is 1. The van der Waals surface area contributed by atoms with Gasteiger partial charge in [0.2, 0.25) is 5.91 Å². The molecule has 0 aromatic heterocycles. The van der Waals surface area contributed by atoms with Gasteiger partial charge in [0, 0.05) is 16.1 Å². The predicted molar refractivity (Wildman–Crippen MR) is 86.2 cm³/mol. The molecule has 0 atom stereocenters. The normalized spacial score (nSPS) is 11.2. The first-order chi connectivity index (χ1) is 10.2. The highest BCUT2D eigenvalue weighted by Gasteiger charge is 2.05. The molecule has 0 fully saturated rings. The van der Waals surface area contributed by atoms with E-state index in [4.69, 9.17) is 5.21 Å². The van der Waals surface area contributed by atoms with Gasteiger partial charge in [0.25, 0.3) is 0 Å². The minimum Gasteiger partial charge on any atom is -0.411 e. The van der Waals surface area contributed by atoms with Crippen molar-refractivity contribution in [3.05, 3.63) is 60.2 Å². The zero-order chi connectivity index (χ0) is 15.1. The summed E-state index contributed by atoms with van der Waals surface area (Å²) in [6.45, 7) is 1.70. The van der Waals surface area contributed by atoms with Crippen molar-refractivity contribution in [1.82, 2.24) is 0 Å². The molecule has 0 bridgehead atoms. The van der Waals surface area contributed by atoms with Crippen LogP contribution in [0.5, 0.6) is 0 Å². The second kappa shape index (κ2) is 7.50. The average Bonchev–Trinajstić information content (AvgIpc) is 2.53. The smallest absolute Gasteiger partial charge is 0.234 e. The monoisotopic (exact) mass is 300 g/mol. The van der Waals surface area contributed by atoms with E-state index in [1.165, 1.54) is 11.8 Å². The first-order valence-electron chi connectivity index (χ1n) is 6.46. The van der Waals surface area contributed by atoms with Crippen LogP contribution in [-0.2, 0) is 4.79 Å². The Kier molecular flexibility index (Phi) is 5.40. The molecule has 2 rings (SSSR count). The molecule has 0 heterocycles. The van der Waals surface area contributed by atoms with Crippen LogP contribution in [-0.4, -0.2) is 22.6 Å². The Morgan fingerprint density at radius 3 is 2.67 bits per heavy atom. The fourth-order valence-electron chi connectivity index (χ4n) is 1.74. The minimum atomic E-state index is -0.0698. The Labute approximate surface area is 127 Å². The zero-order valence-electron chi connectivity index (χ0n) is 11.6. The summed E-state index contributed by atoms with van der Waals surface area (Å²) in [4.78, 5) is 13.0. The number of rotatable bonds is 5. The molecule has 0 saturated carbocycles. The molecular weight excluding hydrogens is 284 g/mol. The first-order valence-corrected chi connectivity index (χ1v) is 7.44. The number of hydrogen-bond acceptors (Lipinski definition) is 4. The van der Waals surface area contributed by atoms with Crippen LogP contribution in [0.3, 0.4) is 0 Å². The van der Waals surface area contributed by atoms with Gasteiger partial charge in [-0.15, -0.1) is 11.8 Å². The predicted octanol–water partition coefficient (Wildman–Crippen LogP) is 3.62. The quantitative estimate of drug-likeness (QED) is 0.384. The lowest BCUT2D eigenvalue weighted by atomic mass is 10.1. The van der Waals surface area contributed by atoms with Crippen molar-refractivity contribution in [3.8, 4) is 0 Å². The van der Waals surface area contributed by atoms with E-state index in [9.17, 15) is 4.79 Å². The van der Waals surface area contributed by atoms with Gasteiger partial charge in [0.05, 0.1) is 11.5 Å². The van der Waals surface area contributed by atoms with E-state index in [0.717, 1.165) is 10.5 Å². The van der Waals surface area contributed by atoms with E-state index < -0.39 is 0 Å². The molecule has 0 aliphatic carbocycles. The van der Waals surface area contributed by atoms with Gasteiger partial charge in [-0.2, -0.15) is 0 Å². The Morgan fingerprint density at radius 1 is 1.19 bits per heavy atom. The summed E-state index contributed by atoms with van der Waals surface area (Å²) < 4.78 is 0. The lowest BCUT2D eigenvalue weighted by Gasteiger charge is -2.07. The van der Waals surface area contributed by atoms with E-state index in [-0.39, 0.29) is 5.91 Å². The lowest BCUT2D eigenvalue weighted by Crippen LogP contribution is -2.14. The molecule has 4 nitrogen and oxygen atoms in total. The maximum absolute atomic E-state index is 11.9. The number of carbonyl (C=O) groups is 1. The van der Waals surface area contributed by atoms with Gasteiger partial charge < -0.3 is 10.5 Å². The number of carbonyl (C=O) groups excluding carboxylic acids is 1. The molecule has 21 heavy (non-hydrogen) atoms. The fourth-order valence-corrected chi connectivity index (χ4v) is 2.46. The molecule has 5 heteroatoms. The van der Waals surface area contributed by atoms with Crippen LogP contribution in [0, 0.1) is 0 Å². The van der Waals surface area contributed by atoms with E-state index in [1.807, 2.05) is 42.5 Å². The maximum atomic E-state index is 11.9. The average molecular weight is 300 g/mol. The summed E-state index contributed by atoms with van der Waals surface area (Å²) in [6, 6.07) is 17.0. The third-order valence-corrected chi connectivity index (χ3v) is 3.84. The summed E-state index contributed by atoms with van der Waals surface area (Å²) in [5, 5.41) is 14.8. The van der Waals surface area contributed by atoms with Gasteiger partial charge in [0.1, 0.15) is 0 Å². The van der Waals surface area contributed by atoms with Crippen molar-refractivity contribution in [3.63, 3.8) is 0 Å². The topological polar surface area (TPSA) is 61.7 Å². The second-order valence-electron chi connectivity index (χ2n) is 4.42. The summed E-state index contributed by atoms with van der Waals surface area (Å²) >= 11 is 1.49. The number of oxime groups is 1. The first kappa shape index (κ1) is 15.1. The lowest BCUT2D eigenvalue weighted by molar-refractivity contribution is -0.113. The second-order valence-corrected chi connectivity index (χ2v) is 5.46. The summed E-state index contributed by atoms with van der Waals surface area (Å²) in [5.41, 5.74) is 1.96. The number of thioether (sulfide) groups is 1. The Morgan fingerprint density at radius 2 is 1.95 bits per heavy atom. The van der Waals surface area contributed by atoms with Crippen LogP contribution in [0.25, 0.3) is 0 Å². The minimum absolute atomic E-state index is 0.0698. The van der Waals surface area contributed by atoms with E-state index in [2.05, 4.69) is 10.5 Å². The highest BCUT2D eigenvalue weighted by molar-refractivity contribution is 8.00. The largest absolute Gasteiger partial charge is 0.411 e. The molecule has 2 N–H and O–H groups in total. The summed E-state index contributed by atoms with van der Waals surface area (Å²) in [7, 11) is 0. The van der Waals surface area contributed by atoms with Crippen LogP contribution >= 0.6 is 11.8 Å². The van der Waals surface area contributed by atoms with Crippen LogP contribution in [0.4, 0.5) is 5.69 Å². The summed E-state index contributed by atoms with van der Waals surface area (Å²) in [6.07, 6.45) is 0. The molecule has 0 saturated heterocycles. The Balaban J connectivity index is 1.94. The van der Waals surface area contributed by atoms with Crippen LogP contribution in [0.15, 0.2) is 64.6 Å². The number of hydrogen-bond donors (Lipinski definition) is 2. The number of amides is 1. The number of nitrogens with zero attached hydrogens (tertiary/aromatic N) is 1. The van der Waals surface area contributed by atoms with Gasteiger partial charge >= 0.3 is 0 Å². The van der Waals surface area contributed by atoms with Crippen LogP contribution < -0.4 is 5.32 Å². The van der Waals surface area contributed by atoms with Crippen LogP contribution in [0.1, 0.15) is 12.5 Å². The fraction of sp³-hybridized carbons (Fsp3) is 0.125. The molecule has 0 unspecified atom stereocenters. The molecule has 1 amide bonds. The van der Waals surface area contributed by atoms with Gasteiger partial charge in [-0.3, -0.25) is 4.79 Å². The maximum Gasteiger partial charge on any atom is 0.234 e. The van der Waals surface area contributed by atoms with Crippen molar-refractivity contribution in [2.45, 2.75) is 11.8 Å². The molecule has 0 spiro atoms. The molecule has 108 valence electrons. The van der Waals surface area contributed by atoms with Gasteiger partial charge in [0.15, 0.2) is 0 Å². The third-order valence-electron chi connectivity index (χ3n) is 2.83. The van der Waals surface area contributed by atoms with Crippen LogP contribution in [0.2, 0.25) is 0 Å². The molecule has 2 aromatic carbocycles. The van der Waals surface area contributed by atoms with Crippen molar-refractivity contribution >= 4 is 29.1 Å². The van der Waals surface area contributed by atoms with Crippen molar-refractivity contribution in [2.24, 2.45) is 5.16 Å². The van der Waals surface area contributed by atoms with Gasteiger partial charge in [-0.1, -0.05) is 35.5 Å². The van der Waals surface area contributed by atoms with Crippen molar-refractivity contribution < 1.29 is 10.0 Å². The molecule has 2 aromatic rings. The molecule has 0 radical (unpaired) electrons. The molecule has 0 aliphatic rings. The molecule has 0 aliphatic heterocycles. The van der Waals surface area contributed by atoms with Gasteiger partial charge in [-0.25, -0.2) is 0 Å². The zero-order valence-corrected chi connectivity index (χ0v) is 12.4. The summed E-state index contributed by atoms with van der Waals surface area (Å²) in [5.74, 6) is 0.279. The van der Waals surface area contributed by atoms with Gasteiger partial charge in [-0.05, 0) is 31.2 Å². The van der Waals surface area contributed by atoms with Crippen molar-refractivity contribution in [1.29, 1.82) is 0 Å². The SMILES string of the molecule is CC(=NO)c1cccc(NC(=O)CSc2ccccc2)c1. The van der Waals surface area contributed by atoms with E-state index in [1.54, 1.807) is 19.1 Å². The highest BCUT2D eigenvalue weighted by Crippen LogP contribution is 2.18. The highest BCUT2D eigenvalue weighted by atomic mass is 32.2. The molecular formula is C16H16N2O2S. The number of benzene rings is 2. The third kappa shape index (κ3) is 4.65. The standard InChI is InChI=1S/C16H16N2O2S/c1-12(18-20)13-6-5-7-14(10-13)17-16(19)11-21-15-8-3-2-4-9-15/h2-10,20H,11H2,1H3,(H,17,19).